The van der Waals surface area contributed by atoms with E-state index in [1.54, 1.807) is 0 Å². The summed E-state index contributed by atoms with van der Waals surface area (Å²) in [5.74, 6) is 0. The summed E-state index contributed by atoms with van der Waals surface area (Å²) in [5.41, 5.74) is 17.6. The third kappa shape index (κ3) is 5.81. The van der Waals surface area contributed by atoms with E-state index in [9.17, 15) is 0 Å². The Balaban J connectivity index is 1.13. The van der Waals surface area contributed by atoms with Crippen LogP contribution in [0.2, 0.25) is 0 Å². The molecule has 0 amide bonds. The topological polar surface area (TPSA) is 3.24 Å². The molecule has 8 aromatic carbocycles. The standard InChI is InChI=1S/C53H45N/c1-52(2,3)40-27-21-36(22-28-40)37-23-29-41(30-24-37)54(43-33-34-49-48-18-10-11-20-50(48)53(4,5)51(49)35-43)42-31-25-39(26-32-42)45-16-8-9-17-46(45)47-19-12-14-38-13-6-7-15-44(38)47/h6-35H,1-5H3. The van der Waals surface area contributed by atoms with Gasteiger partial charge in [-0.3, -0.25) is 0 Å². The molecule has 0 aromatic heterocycles. The van der Waals surface area contributed by atoms with Crippen LogP contribution >= 0.6 is 0 Å². The molecular formula is C53H45N. The lowest BCUT2D eigenvalue weighted by atomic mass is 9.82. The van der Waals surface area contributed by atoms with Crippen molar-refractivity contribution in [2.75, 3.05) is 4.90 Å². The zero-order valence-electron chi connectivity index (χ0n) is 31.8. The summed E-state index contributed by atoms with van der Waals surface area (Å²) in [6, 6.07) is 67.2. The third-order valence-electron chi connectivity index (χ3n) is 11.5. The molecule has 1 aliphatic carbocycles. The minimum absolute atomic E-state index is 0.0914. The van der Waals surface area contributed by atoms with Gasteiger partial charge < -0.3 is 4.90 Å². The lowest BCUT2D eigenvalue weighted by molar-refractivity contribution is 0.590. The average Bonchev–Trinajstić information content (AvgIpc) is 3.43. The van der Waals surface area contributed by atoms with Gasteiger partial charge >= 0.3 is 0 Å². The predicted molar refractivity (Wildman–Crippen MR) is 231 cm³/mol. The SMILES string of the molecule is CC(C)(C)c1ccc(-c2ccc(N(c3ccc(-c4ccccc4-c4cccc5ccccc45)cc3)c3ccc4c(c3)C(C)(C)c3ccccc3-4)cc2)cc1. The van der Waals surface area contributed by atoms with Gasteiger partial charge in [0.15, 0.2) is 0 Å². The summed E-state index contributed by atoms with van der Waals surface area (Å²) in [6.45, 7) is 11.5. The molecule has 0 unspecified atom stereocenters. The fourth-order valence-electron chi connectivity index (χ4n) is 8.46. The fourth-order valence-corrected chi connectivity index (χ4v) is 8.46. The molecule has 0 fully saturated rings. The van der Waals surface area contributed by atoms with Crippen molar-refractivity contribution in [2.45, 2.75) is 45.4 Å². The molecule has 0 heterocycles. The summed E-state index contributed by atoms with van der Waals surface area (Å²) < 4.78 is 0. The predicted octanol–water partition coefficient (Wildman–Crippen LogP) is 14.9. The molecule has 0 atom stereocenters. The number of anilines is 3. The molecule has 0 saturated heterocycles. The molecule has 1 aliphatic rings. The van der Waals surface area contributed by atoms with Crippen molar-refractivity contribution >= 4 is 27.8 Å². The monoisotopic (exact) mass is 695 g/mol. The Labute approximate surface area is 320 Å². The van der Waals surface area contributed by atoms with Crippen molar-refractivity contribution in [3.63, 3.8) is 0 Å². The first kappa shape index (κ1) is 33.6. The van der Waals surface area contributed by atoms with E-state index in [-0.39, 0.29) is 10.8 Å². The summed E-state index contributed by atoms with van der Waals surface area (Å²) in [5, 5.41) is 2.52. The summed E-state index contributed by atoms with van der Waals surface area (Å²) in [6.07, 6.45) is 0. The number of fused-ring (bicyclic) bond motifs is 4. The zero-order chi connectivity index (χ0) is 37.0. The lowest BCUT2D eigenvalue weighted by Crippen LogP contribution is -2.16. The highest BCUT2D eigenvalue weighted by Crippen LogP contribution is 2.51. The van der Waals surface area contributed by atoms with E-state index in [0.29, 0.717) is 0 Å². The molecular weight excluding hydrogens is 651 g/mol. The van der Waals surface area contributed by atoms with Gasteiger partial charge in [-0.2, -0.15) is 0 Å². The van der Waals surface area contributed by atoms with Gasteiger partial charge in [-0.05, 0) is 114 Å². The first-order valence-electron chi connectivity index (χ1n) is 19.1. The van der Waals surface area contributed by atoms with Crippen LogP contribution in [-0.4, -0.2) is 0 Å². The van der Waals surface area contributed by atoms with Crippen molar-refractivity contribution in [3.8, 4) is 44.5 Å². The van der Waals surface area contributed by atoms with Gasteiger partial charge in [-0.1, -0.05) is 180 Å². The number of benzene rings is 8. The number of rotatable bonds is 6. The van der Waals surface area contributed by atoms with Crippen LogP contribution in [0.15, 0.2) is 182 Å². The Morgan fingerprint density at radius 1 is 0.389 bits per heavy atom. The number of hydrogen-bond acceptors (Lipinski definition) is 1. The Hall–Kier alpha value is -6.18. The van der Waals surface area contributed by atoms with Gasteiger partial charge in [-0.25, -0.2) is 0 Å². The normalized spacial score (nSPS) is 13.1. The molecule has 1 heteroatoms. The molecule has 9 rings (SSSR count). The molecule has 262 valence electrons. The van der Waals surface area contributed by atoms with Gasteiger partial charge in [-0.15, -0.1) is 0 Å². The van der Waals surface area contributed by atoms with Crippen LogP contribution < -0.4 is 4.90 Å². The van der Waals surface area contributed by atoms with Gasteiger partial charge in [0.2, 0.25) is 0 Å². The third-order valence-corrected chi connectivity index (χ3v) is 11.5. The largest absolute Gasteiger partial charge is 0.310 e. The first-order chi connectivity index (χ1) is 26.2. The molecule has 0 aliphatic heterocycles. The van der Waals surface area contributed by atoms with Crippen LogP contribution in [0.1, 0.15) is 51.3 Å². The second kappa shape index (κ2) is 13.0. The highest BCUT2D eigenvalue weighted by molar-refractivity contribution is 6.00. The Morgan fingerprint density at radius 3 is 1.57 bits per heavy atom. The quantitative estimate of drug-likeness (QED) is 0.167. The van der Waals surface area contributed by atoms with Crippen LogP contribution in [0.3, 0.4) is 0 Å². The van der Waals surface area contributed by atoms with E-state index in [1.807, 2.05) is 0 Å². The van der Waals surface area contributed by atoms with Crippen LogP contribution in [0, 0.1) is 0 Å². The van der Waals surface area contributed by atoms with Crippen molar-refractivity contribution in [1.29, 1.82) is 0 Å². The van der Waals surface area contributed by atoms with Crippen LogP contribution in [0.4, 0.5) is 17.1 Å². The van der Waals surface area contributed by atoms with Gasteiger partial charge in [0, 0.05) is 22.5 Å². The van der Waals surface area contributed by atoms with Crippen LogP contribution in [0.25, 0.3) is 55.3 Å². The molecule has 0 radical (unpaired) electrons. The van der Waals surface area contributed by atoms with Crippen molar-refractivity contribution in [3.05, 3.63) is 199 Å². The maximum atomic E-state index is 2.41. The molecule has 8 aromatic rings. The second-order valence-corrected chi connectivity index (χ2v) is 16.2. The van der Waals surface area contributed by atoms with Crippen molar-refractivity contribution < 1.29 is 0 Å². The van der Waals surface area contributed by atoms with Gasteiger partial charge in [0.05, 0.1) is 0 Å². The van der Waals surface area contributed by atoms with Gasteiger partial charge in [0.1, 0.15) is 0 Å². The van der Waals surface area contributed by atoms with Crippen molar-refractivity contribution in [2.24, 2.45) is 0 Å². The Kier molecular flexibility index (Phi) is 8.12. The minimum atomic E-state index is -0.0914. The second-order valence-electron chi connectivity index (χ2n) is 16.2. The highest BCUT2D eigenvalue weighted by Gasteiger charge is 2.35. The Bertz CT molecular complexity index is 2630. The van der Waals surface area contributed by atoms with E-state index < -0.39 is 0 Å². The molecule has 54 heavy (non-hydrogen) atoms. The molecule has 0 bridgehead atoms. The fraction of sp³-hybridized carbons (Fsp3) is 0.132. The molecule has 0 N–H and O–H groups in total. The number of hydrogen-bond donors (Lipinski definition) is 0. The maximum Gasteiger partial charge on any atom is 0.0465 e. The van der Waals surface area contributed by atoms with Crippen molar-refractivity contribution in [1.82, 2.24) is 0 Å². The van der Waals surface area contributed by atoms with E-state index in [4.69, 9.17) is 0 Å². The Morgan fingerprint density at radius 2 is 0.889 bits per heavy atom. The number of nitrogens with zero attached hydrogens (tertiary/aromatic N) is 1. The summed E-state index contributed by atoms with van der Waals surface area (Å²) in [4.78, 5) is 2.41. The van der Waals surface area contributed by atoms with E-state index >= 15 is 0 Å². The van der Waals surface area contributed by atoms with Crippen LogP contribution in [-0.2, 0) is 10.8 Å². The summed E-state index contributed by atoms with van der Waals surface area (Å²) in [7, 11) is 0. The maximum absolute atomic E-state index is 2.41. The smallest absolute Gasteiger partial charge is 0.0465 e. The average molecular weight is 696 g/mol. The minimum Gasteiger partial charge on any atom is -0.310 e. The van der Waals surface area contributed by atoms with E-state index in [0.717, 1.165) is 17.1 Å². The van der Waals surface area contributed by atoms with E-state index in [2.05, 4.69) is 222 Å². The van der Waals surface area contributed by atoms with Crippen LogP contribution in [0.5, 0.6) is 0 Å². The highest BCUT2D eigenvalue weighted by atomic mass is 15.1. The zero-order valence-corrected chi connectivity index (χ0v) is 31.8. The van der Waals surface area contributed by atoms with E-state index in [1.165, 1.54) is 72.0 Å². The first-order valence-corrected chi connectivity index (χ1v) is 19.1. The molecule has 1 nitrogen and oxygen atoms in total. The molecule has 0 saturated carbocycles. The summed E-state index contributed by atoms with van der Waals surface area (Å²) >= 11 is 0. The molecule has 0 spiro atoms. The lowest BCUT2D eigenvalue weighted by Gasteiger charge is -2.28. The van der Waals surface area contributed by atoms with Gasteiger partial charge in [0.25, 0.3) is 0 Å².